The molecule has 1 aromatic rings. The van der Waals surface area contributed by atoms with E-state index < -0.39 is 12.0 Å². The third kappa shape index (κ3) is 9.21. The molecule has 0 spiro atoms. The highest BCUT2D eigenvalue weighted by Gasteiger charge is 2.10. The van der Waals surface area contributed by atoms with Crippen molar-refractivity contribution >= 4 is 11.9 Å². The third-order valence-electron chi connectivity index (χ3n) is 2.78. The van der Waals surface area contributed by atoms with Gasteiger partial charge in [0.15, 0.2) is 0 Å². The largest absolute Gasteiger partial charge is 0.480 e. The van der Waals surface area contributed by atoms with E-state index in [4.69, 9.17) is 16.6 Å². The smallest absolute Gasteiger partial charge is 0.320 e. The SMILES string of the molecule is CC(N)=C(C)CC=C=O.NC(Cc1ccccc1)C(=O)O. The molecule has 5 nitrogen and oxygen atoms in total. The number of carboxylic acids is 1. The molecule has 0 saturated heterocycles. The van der Waals surface area contributed by atoms with Crippen LogP contribution in [0.2, 0.25) is 0 Å². The number of nitrogens with two attached hydrogens (primary N) is 2. The Morgan fingerprint density at radius 1 is 1.33 bits per heavy atom. The lowest BCUT2D eigenvalue weighted by molar-refractivity contribution is -0.138. The topological polar surface area (TPSA) is 106 Å². The molecule has 114 valence electrons. The second kappa shape index (κ2) is 10.4. The van der Waals surface area contributed by atoms with E-state index in [0.29, 0.717) is 12.8 Å². The highest BCUT2D eigenvalue weighted by molar-refractivity contribution is 5.73. The number of benzene rings is 1. The van der Waals surface area contributed by atoms with Gasteiger partial charge in [-0.3, -0.25) is 4.79 Å². The minimum Gasteiger partial charge on any atom is -0.480 e. The molecule has 0 aliphatic carbocycles. The van der Waals surface area contributed by atoms with Crippen molar-refractivity contribution in [1.82, 2.24) is 0 Å². The van der Waals surface area contributed by atoms with Crippen molar-refractivity contribution < 1.29 is 14.7 Å². The fourth-order valence-corrected chi connectivity index (χ4v) is 1.31. The highest BCUT2D eigenvalue weighted by atomic mass is 16.4. The summed E-state index contributed by atoms with van der Waals surface area (Å²) in [5.41, 5.74) is 13.5. The second-order valence-corrected chi connectivity index (χ2v) is 4.62. The monoisotopic (exact) mass is 290 g/mol. The zero-order valence-corrected chi connectivity index (χ0v) is 12.4. The van der Waals surface area contributed by atoms with Gasteiger partial charge in [-0.05, 0) is 32.3 Å². The summed E-state index contributed by atoms with van der Waals surface area (Å²) >= 11 is 0. The van der Waals surface area contributed by atoms with Crippen molar-refractivity contribution in [1.29, 1.82) is 0 Å². The number of rotatable bonds is 5. The molecule has 0 bridgehead atoms. The molecular formula is C16H22N2O3. The van der Waals surface area contributed by atoms with Crippen molar-refractivity contribution in [3.63, 3.8) is 0 Å². The van der Waals surface area contributed by atoms with Crippen molar-refractivity contribution in [2.24, 2.45) is 11.5 Å². The maximum absolute atomic E-state index is 10.4. The summed E-state index contributed by atoms with van der Waals surface area (Å²) in [5, 5.41) is 8.52. The number of carbonyl (C=O) groups is 1. The lowest BCUT2D eigenvalue weighted by Gasteiger charge is -2.04. The summed E-state index contributed by atoms with van der Waals surface area (Å²) in [6, 6.07) is 8.54. The molecule has 0 fully saturated rings. The van der Waals surface area contributed by atoms with Crippen LogP contribution in [0.25, 0.3) is 0 Å². The van der Waals surface area contributed by atoms with Crippen LogP contribution in [0, 0.1) is 0 Å². The predicted octanol–water partition coefficient (Wildman–Crippen LogP) is 1.66. The van der Waals surface area contributed by atoms with Crippen LogP contribution in [-0.4, -0.2) is 23.1 Å². The van der Waals surface area contributed by atoms with Crippen LogP contribution in [0.4, 0.5) is 0 Å². The Balaban J connectivity index is 0.000000400. The van der Waals surface area contributed by atoms with E-state index in [-0.39, 0.29) is 0 Å². The van der Waals surface area contributed by atoms with Gasteiger partial charge in [0.2, 0.25) is 0 Å². The molecular weight excluding hydrogens is 268 g/mol. The number of carboxylic acid groups (broad SMARTS) is 1. The van der Waals surface area contributed by atoms with Crippen LogP contribution in [0.1, 0.15) is 25.8 Å². The normalized spacial score (nSPS) is 12.1. The van der Waals surface area contributed by atoms with E-state index in [0.717, 1.165) is 16.8 Å². The molecule has 0 heterocycles. The Hall–Kier alpha value is -2.36. The number of carbonyl (C=O) groups excluding carboxylic acids is 1. The standard InChI is InChI=1S/C9H11NO2.C7H11NO/c10-8(9(11)12)6-7-4-2-1-3-5-7;1-6(7(2)8)4-3-5-9/h1-5,8H,6,10H2,(H,11,12);3H,4,8H2,1-2H3. The van der Waals surface area contributed by atoms with Gasteiger partial charge in [-0.2, -0.15) is 0 Å². The van der Waals surface area contributed by atoms with Gasteiger partial charge in [-0.1, -0.05) is 35.9 Å². The quantitative estimate of drug-likeness (QED) is 0.715. The summed E-state index contributed by atoms with van der Waals surface area (Å²) in [5.74, 6) is 0.729. The van der Waals surface area contributed by atoms with Crippen LogP contribution in [0.15, 0.2) is 47.7 Å². The molecule has 0 aliphatic heterocycles. The molecule has 1 atom stereocenters. The van der Waals surface area contributed by atoms with E-state index >= 15 is 0 Å². The van der Waals surface area contributed by atoms with Gasteiger partial charge in [-0.25, -0.2) is 4.79 Å². The molecule has 21 heavy (non-hydrogen) atoms. The fraction of sp³-hybridized carbons (Fsp3) is 0.312. The molecule has 0 radical (unpaired) electrons. The molecule has 0 aromatic heterocycles. The van der Waals surface area contributed by atoms with Crippen LogP contribution in [0.3, 0.4) is 0 Å². The summed E-state index contributed by atoms with van der Waals surface area (Å²) in [4.78, 5) is 20.1. The molecule has 1 rings (SSSR count). The molecule has 1 aromatic carbocycles. The zero-order chi connectivity index (χ0) is 16.3. The number of hydrogen-bond acceptors (Lipinski definition) is 4. The first-order valence-electron chi connectivity index (χ1n) is 6.52. The Kier molecular flexibility index (Phi) is 9.26. The lowest BCUT2D eigenvalue weighted by atomic mass is 10.1. The first-order valence-corrected chi connectivity index (χ1v) is 6.52. The molecule has 1 unspecified atom stereocenters. The van der Waals surface area contributed by atoms with Crippen LogP contribution in [0.5, 0.6) is 0 Å². The van der Waals surface area contributed by atoms with E-state index in [1.165, 1.54) is 6.08 Å². The summed E-state index contributed by atoms with van der Waals surface area (Å²) in [6.07, 6.45) is 2.42. The maximum Gasteiger partial charge on any atom is 0.320 e. The average molecular weight is 290 g/mol. The first-order chi connectivity index (χ1) is 9.88. The van der Waals surface area contributed by atoms with Gasteiger partial charge in [0, 0.05) is 11.8 Å². The minimum atomic E-state index is -0.959. The Labute approximate surface area is 125 Å². The van der Waals surface area contributed by atoms with E-state index in [9.17, 15) is 9.59 Å². The molecule has 0 amide bonds. The summed E-state index contributed by atoms with van der Waals surface area (Å²) < 4.78 is 0. The molecule has 5 heteroatoms. The first kappa shape index (κ1) is 18.6. The van der Waals surface area contributed by atoms with Crippen molar-refractivity contribution in [3.05, 3.63) is 53.2 Å². The highest BCUT2D eigenvalue weighted by Crippen LogP contribution is 2.02. The van der Waals surface area contributed by atoms with Crippen LogP contribution >= 0.6 is 0 Å². The average Bonchev–Trinajstić information content (AvgIpc) is 2.46. The van der Waals surface area contributed by atoms with E-state index in [1.54, 1.807) is 5.94 Å². The molecule has 0 aliphatic rings. The summed E-state index contributed by atoms with van der Waals surface area (Å²) in [7, 11) is 0. The Bertz CT molecular complexity index is 514. The molecule has 0 saturated carbocycles. The number of aliphatic carboxylic acids is 1. The lowest BCUT2D eigenvalue weighted by Crippen LogP contribution is -2.32. The van der Waals surface area contributed by atoms with Gasteiger partial charge in [0.1, 0.15) is 12.0 Å². The Morgan fingerprint density at radius 2 is 1.90 bits per heavy atom. The maximum atomic E-state index is 10.4. The minimum absolute atomic E-state index is 0.385. The predicted molar refractivity (Wildman–Crippen MR) is 83.2 cm³/mol. The van der Waals surface area contributed by atoms with E-state index in [2.05, 4.69) is 0 Å². The summed E-state index contributed by atoms with van der Waals surface area (Å²) in [6.45, 7) is 3.71. The number of hydrogen-bond donors (Lipinski definition) is 3. The van der Waals surface area contributed by atoms with E-state index in [1.807, 2.05) is 44.2 Å². The molecule has 5 N–H and O–H groups in total. The van der Waals surface area contributed by atoms with Crippen molar-refractivity contribution in [2.75, 3.05) is 0 Å². The van der Waals surface area contributed by atoms with Gasteiger partial charge in [0.05, 0.1) is 0 Å². The fourth-order valence-electron chi connectivity index (χ4n) is 1.31. The van der Waals surface area contributed by atoms with Crippen molar-refractivity contribution in [2.45, 2.75) is 32.7 Å². The Morgan fingerprint density at radius 3 is 2.33 bits per heavy atom. The van der Waals surface area contributed by atoms with Gasteiger partial charge in [0.25, 0.3) is 0 Å². The van der Waals surface area contributed by atoms with Gasteiger partial charge in [-0.15, -0.1) is 0 Å². The zero-order valence-electron chi connectivity index (χ0n) is 12.4. The second-order valence-electron chi connectivity index (χ2n) is 4.62. The van der Waals surface area contributed by atoms with Gasteiger partial charge >= 0.3 is 5.97 Å². The van der Waals surface area contributed by atoms with Gasteiger partial charge < -0.3 is 16.6 Å². The van der Waals surface area contributed by atoms with Crippen LogP contribution in [-0.2, 0) is 16.0 Å². The number of allylic oxidation sites excluding steroid dienone is 3. The van der Waals surface area contributed by atoms with Crippen molar-refractivity contribution in [3.8, 4) is 0 Å². The third-order valence-corrected chi connectivity index (χ3v) is 2.78. The van der Waals surface area contributed by atoms with Crippen LogP contribution < -0.4 is 11.5 Å².